The van der Waals surface area contributed by atoms with Crippen LogP contribution in [0.15, 0.2) is 41.3 Å². The molecule has 2 heterocycles. The number of nitrogens with one attached hydrogen (secondary N) is 1. The summed E-state index contributed by atoms with van der Waals surface area (Å²) < 4.78 is 1.51. The van der Waals surface area contributed by atoms with Crippen molar-refractivity contribution in [3.63, 3.8) is 0 Å². The molecule has 0 aliphatic carbocycles. The summed E-state index contributed by atoms with van der Waals surface area (Å²) in [5, 5.41) is 0. The van der Waals surface area contributed by atoms with Crippen molar-refractivity contribution in [1.29, 1.82) is 0 Å². The number of aromatic amines is 1. The van der Waals surface area contributed by atoms with Gasteiger partial charge in [-0.2, -0.15) is 0 Å². The molecule has 1 N–H and O–H groups in total. The van der Waals surface area contributed by atoms with Crippen LogP contribution in [0.5, 0.6) is 0 Å². The molecule has 0 amide bonds. The Balaban J connectivity index is 2.19. The van der Waals surface area contributed by atoms with Crippen LogP contribution in [0.2, 0.25) is 0 Å². The Morgan fingerprint density at radius 1 is 1.25 bits per heavy atom. The number of benzene rings is 1. The average molecular weight is 267 g/mol. The van der Waals surface area contributed by atoms with Gasteiger partial charge in [0, 0.05) is 24.4 Å². The second-order valence-corrected chi connectivity index (χ2v) is 4.72. The number of aryl methyl sites for hydroxylation is 1. The third-order valence-electron chi connectivity index (χ3n) is 3.36. The van der Waals surface area contributed by atoms with E-state index in [1.54, 1.807) is 19.3 Å². The molecular weight excluding hydrogens is 254 g/mol. The Morgan fingerprint density at radius 3 is 2.80 bits per heavy atom. The van der Waals surface area contributed by atoms with Crippen molar-refractivity contribution in [2.45, 2.75) is 6.92 Å². The zero-order chi connectivity index (χ0) is 14.3. The van der Waals surface area contributed by atoms with Crippen LogP contribution in [0.4, 0.5) is 0 Å². The fraction of sp³-hybridized carbons (Fsp3) is 0.133. The highest BCUT2D eigenvalue weighted by atomic mass is 16.1. The van der Waals surface area contributed by atoms with Crippen molar-refractivity contribution < 1.29 is 4.79 Å². The van der Waals surface area contributed by atoms with E-state index in [2.05, 4.69) is 9.97 Å². The summed E-state index contributed by atoms with van der Waals surface area (Å²) in [5.41, 5.74) is 3.54. The van der Waals surface area contributed by atoms with Crippen LogP contribution in [-0.2, 0) is 7.05 Å². The smallest absolute Gasteiger partial charge is 0.295 e. The average Bonchev–Trinajstić information content (AvgIpc) is 2.74. The van der Waals surface area contributed by atoms with Gasteiger partial charge in [-0.3, -0.25) is 14.3 Å². The SMILES string of the molecule is CC(=O)c1cccc(-c2cnc3[nH]c(=O)n(C)c3c2)c1. The Labute approximate surface area is 114 Å². The first kappa shape index (κ1) is 12.3. The summed E-state index contributed by atoms with van der Waals surface area (Å²) >= 11 is 0. The fourth-order valence-corrected chi connectivity index (χ4v) is 2.18. The number of imidazole rings is 1. The predicted molar refractivity (Wildman–Crippen MR) is 76.8 cm³/mol. The van der Waals surface area contributed by atoms with Crippen LogP contribution in [0.1, 0.15) is 17.3 Å². The number of nitrogens with zero attached hydrogens (tertiary/aromatic N) is 2. The topological polar surface area (TPSA) is 67.8 Å². The number of carbonyl (C=O) groups excluding carboxylic acids is 1. The molecule has 0 spiro atoms. The van der Waals surface area contributed by atoms with Crippen molar-refractivity contribution in [2.24, 2.45) is 7.05 Å². The third-order valence-corrected chi connectivity index (χ3v) is 3.36. The summed E-state index contributed by atoms with van der Waals surface area (Å²) in [7, 11) is 1.69. The quantitative estimate of drug-likeness (QED) is 0.723. The molecule has 0 aliphatic rings. The van der Waals surface area contributed by atoms with Gasteiger partial charge in [-0.15, -0.1) is 0 Å². The first-order chi connectivity index (χ1) is 9.56. The molecule has 2 aromatic heterocycles. The maximum Gasteiger partial charge on any atom is 0.327 e. The molecule has 0 atom stereocenters. The molecule has 0 saturated carbocycles. The molecule has 0 radical (unpaired) electrons. The third kappa shape index (κ3) is 1.93. The van der Waals surface area contributed by atoms with Crippen LogP contribution >= 0.6 is 0 Å². The highest BCUT2D eigenvalue weighted by Gasteiger charge is 2.08. The minimum Gasteiger partial charge on any atom is -0.295 e. The number of aromatic nitrogens is 3. The summed E-state index contributed by atoms with van der Waals surface area (Å²) in [5.74, 6) is 0.0231. The van der Waals surface area contributed by atoms with Gasteiger partial charge in [-0.1, -0.05) is 18.2 Å². The molecular formula is C15H13N3O2. The first-order valence-electron chi connectivity index (χ1n) is 6.22. The van der Waals surface area contributed by atoms with Gasteiger partial charge in [0.1, 0.15) is 0 Å². The lowest BCUT2D eigenvalue weighted by atomic mass is 10.0. The van der Waals surface area contributed by atoms with Crippen LogP contribution in [0.25, 0.3) is 22.3 Å². The van der Waals surface area contributed by atoms with Crippen LogP contribution in [0.3, 0.4) is 0 Å². The maximum atomic E-state index is 11.6. The first-order valence-corrected chi connectivity index (χ1v) is 6.22. The number of pyridine rings is 1. The lowest BCUT2D eigenvalue weighted by Gasteiger charge is -2.04. The molecule has 3 aromatic rings. The predicted octanol–water partition coefficient (Wildman–Crippen LogP) is 2.13. The van der Waals surface area contributed by atoms with E-state index in [9.17, 15) is 9.59 Å². The van der Waals surface area contributed by atoms with Gasteiger partial charge in [-0.25, -0.2) is 9.78 Å². The van der Waals surface area contributed by atoms with Crippen LogP contribution in [-0.4, -0.2) is 20.3 Å². The number of Topliss-reactive ketones (excluding diaryl/α,β-unsaturated/α-hetero) is 1. The van der Waals surface area contributed by atoms with Crippen molar-refractivity contribution in [2.75, 3.05) is 0 Å². The molecule has 5 nitrogen and oxygen atoms in total. The summed E-state index contributed by atoms with van der Waals surface area (Å²) in [6.45, 7) is 1.54. The standard InChI is InChI=1S/C15H13N3O2/c1-9(19)10-4-3-5-11(6-10)12-7-13-14(16-8-12)17-15(20)18(13)2/h3-8H,1-2H3,(H,16,17,20). The van der Waals surface area contributed by atoms with E-state index in [4.69, 9.17) is 0 Å². The van der Waals surface area contributed by atoms with Gasteiger partial charge >= 0.3 is 5.69 Å². The Bertz CT molecular complexity index is 874. The van der Waals surface area contributed by atoms with E-state index >= 15 is 0 Å². The summed E-state index contributed by atoms with van der Waals surface area (Å²) in [6.07, 6.45) is 1.69. The molecule has 1 aromatic carbocycles. The number of hydrogen-bond donors (Lipinski definition) is 1. The van der Waals surface area contributed by atoms with Gasteiger partial charge in [0.05, 0.1) is 5.52 Å². The van der Waals surface area contributed by atoms with E-state index in [1.807, 2.05) is 24.3 Å². The Hall–Kier alpha value is -2.69. The van der Waals surface area contributed by atoms with E-state index in [1.165, 1.54) is 11.5 Å². The zero-order valence-corrected chi connectivity index (χ0v) is 11.2. The molecule has 0 saturated heterocycles. The van der Waals surface area contributed by atoms with Gasteiger partial charge in [0.15, 0.2) is 11.4 Å². The summed E-state index contributed by atoms with van der Waals surface area (Å²) in [6, 6.07) is 9.26. The van der Waals surface area contributed by atoms with Crippen molar-refractivity contribution in [1.82, 2.24) is 14.5 Å². The normalized spacial score (nSPS) is 10.9. The molecule has 3 rings (SSSR count). The van der Waals surface area contributed by atoms with E-state index in [0.29, 0.717) is 11.2 Å². The number of ketones is 1. The van der Waals surface area contributed by atoms with Gasteiger partial charge in [0.2, 0.25) is 0 Å². The molecule has 0 bridgehead atoms. The lowest BCUT2D eigenvalue weighted by molar-refractivity contribution is 0.101. The van der Waals surface area contributed by atoms with Crippen molar-refractivity contribution in [3.8, 4) is 11.1 Å². The number of fused-ring (bicyclic) bond motifs is 1. The van der Waals surface area contributed by atoms with Crippen molar-refractivity contribution in [3.05, 3.63) is 52.6 Å². The molecule has 0 unspecified atom stereocenters. The minimum absolute atomic E-state index is 0.0231. The van der Waals surface area contributed by atoms with E-state index in [-0.39, 0.29) is 11.5 Å². The monoisotopic (exact) mass is 267 g/mol. The van der Waals surface area contributed by atoms with Crippen LogP contribution < -0.4 is 5.69 Å². The van der Waals surface area contributed by atoms with Gasteiger partial charge in [-0.05, 0) is 24.6 Å². The zero-order valence-electron chi connectivity index (χ0n) is 11.2. The molecule has 100 valence electrons. The largest absolute Gasteiger partial charge is 0.327 e. The molecule has 20 heavy (non-hydrogen) atoms. The maximum absolute atomic E-state index is 11.6. The second kappa shape index (κ2) is 4.45. The van der Waals surface area contributed by atoms with Crippen molar-refractivity contribution >= 4 is 16.9 Å². The van der Waals surface area contributed by atoms with E-state index < -0.39 is 0 Å². The highest BCUT2D eigenvalue weighted by Crippen LogP contribution is 2.22. The van der Waals surface area contributed by atoms with Gasteiger partial charge in [0.25, 0.3) is 0 Å². The van der Waals surface area contributed by atoms with E-state index in [0.717, 1.165) is 16.6 Å². The molecule has 0 fully saturated rings. The number of rotatable bonds is 2. The molecule has 0 aliphatic heterocycles. The fourth-order valence-electron chi connectivity index (χ4n) is 2.18. The Kier molecular flexibility index (Phi) is 2.75. The highest BCUT2D eigenvalue weighted by molar-refractivity contribution is 5.95. The number of H-pyrrole nitrogens is 1. The summed E-state index contributed by atoms with van der Waals surface area (Å²) in [4.78, 5) is 29.9. The van der Waals surface area contributed by atoms with Gasteiger partial charge < -0.3 is 0 Å². The minimum atomic E-state index is -0.192. The lowest BCUT2D eigenvalue weighted by Crippen LogP contribution is -2.11. The Morgan fingerprint density at radius 2 is 2.05 bits per heavy atom. The van der Waals surface area contributed by atoms with Crippen LogP contribution in [0, 0.1) is 0 Å². The second-order valence-electron chi connectivity index (χ2n) is 4.72. The number of carbonyl (C=O) groups is 1. The number of hydrogen-bond acceptors (Lipinski definition) is 3. The molecule has 5 heteroatoms.